The van der Waals surface area contributed by atoms with Crippen LogP contribution in [0.4, 0.5) is 0 Å². The van der Waals surface area contributed by atoms with E-state index in [4.69, 9.17) is 11.5 Å². The maximum Gasteiger partial charge on any atom is 0.0431 e. The van der Waals surface area contributed by atoms with Crippen LogP contribution in [0.1, 0.15) is 11.6 Å². The third-order valence-electron chi connectivity index (χ3n) is 3.44. The van der Waals surface area contributed by atoms with Crippen LogP contribution in [0.15, 0.2) is 54.6 Å². The summed E-state index contributed by atoms with van der Waals surface area (Å²) < 4.78 is 0. The molecule has 0 spiro atoms. The highest BCUT2D eigenvalue weighted by atomic mass is 14.7. The summed E-state index contributed by atoms with van der Waals surface area (Å²) in [5.74, 6) is 0. The maximum absolute atomic E-state index is 6.20. The number of benzene rings is 3. The molecule has 0 bridgehead atoms. The van der Waals surface area contributed by atoms with Gasteiger partial charge in [0.15, 0.2) is 0 Å². The molecule has 0 aliphatic carbocycles. The average molecular weight is 236 g/mol. The summed E-state index contributed by atoms with van der Waals surface area (Å²) in [5.41, 5.74) is 13.1. The Morgan fingerprint density at radius 3 is 1.83 bits per heavy atom. The number of nitrogens with two attached hydrogens (primary N) is 2. The predicted octanol–water partition coefficient (Wildman–Crippen LogP) is 2.95. The zero-order chi connectivity index (χ0) is 12.5. The van der Waals surface area contributed by atoms with Crippen LogP contribution in [0, 0.1) is 0 Å². The van der Waals surface area contributed by atoms with Crippen LogP contribution in [0.5, 0.6) is 0 Å². The Balaban J connectivity index is 2.49. The molecule has 2 heteroatoms. The van der Waals surface area contributed by atoms with Gasteiger partial charge in [-0.1, -0.05) is 48.5 Å². The van der Waals surface area contributed by atoms with Gasteiger partial charge in [0.25, 0.3) is 0 Å². The molecule has 2 nitrogen and oxygen atoms in total. The molecule has 0 saturated heterocycles. The van der Waals surface area contributed by atoms with Gasteiger partial charge in [-0.2, -0.15) is 0 Å². The van der Waals surface area contributed by atoms with Gasteiger partial charge in [-0.3, -0.25) is 0 Å². The highest BCUT2D eigenvalue weighted by Gasteiger charge is 2.12. The Kier molecular flexibility index (Phi) is 2.74. The number of rotatable bonds is 2. The van der Waals surface area contributed by atoms with Crippen molar-refractivity contribution in [3.8, 4) is 0 Å². The van der Waals surface area contributed by atoms with Crippen molar-refractivity contribution in [1.29, 1.82) is 0 Å². The van der Waals surface area contributed by atoms with Crippen LogP contribution in [0.2, 0.25) is 0 Å². The van der Waals surface area contributed by atoms with Crippen molar-refractivity contribution in [2.75, 3.05) is 6.54 Å². The summed E-state index contributed by atoms with van der Waals surface area (Å²) in [5, 5.41) is 4.84. The van der Waals surface area contributed by atoms with Gasteiger partial charge in [0, 0.05) is 12.6 Å². The predicted molar refractivity (Wildman–Crippen MR) is 77.4 cm³/mol. The van der Waals surface area contributed by atoms with Crippen molar-refractivity contribution < 1.29 is 0 Å². The number of hydrogen-bond acceptors (Lipinski definition) is 2. The standard InChI is InChI=1S/C16H16N2/c17-10-15(18)16-13-7-3-1-5-11(13)9-12-6-2-4-8-14(12)16/h1-9,15H,10,17-18H2/t15-/m1/s1. The van der Waals surface area contributed by atoms with E-state index in [2.05, 4.69) is 42.5 Å². The van der Waals surface area contributed by atoms with E-state index in [-0.39, 0.29) is 6.04 Å². The summed E-state index contributed by atoms with van der Waals surface area (Å²) >= 11 is 0. The second-order valence-corrected chi connectivity index (χ2v) is 4.57. The molecule has 0 radical (unpaired) electrons. The van der Waals surface area contributed by atoms with E-state index in [0.717, 1.165) is 5.56 Å². The summed E-state index contributed by atoms with van der Waals surface area (Å²) in [6.07, 6.45) is 0. The Morgan fingerprint density at radius 2 is 1.33 bits per heavy atom. The fraction of sp³-hybridized carbons (Fsp3) is 0.125. The topological polar surface area (TPSA) is 52.0 Å². The molecule has 0 aromatic heterocycles. The molecule has 0 unspecified atom stereocenters. The van der Waals surface area contributed by atoms with E-state index in [0.29, 0.717) is 6.54 Å². The molecule has 90 valence electrons. The van der Waals surface area contributed by atoms with E-state index in [1.807, 2.05) is 12.1 Å². The molecule has 3 aromatic rings. The second-order valence-electron chi connectivity index (χ2n) is 4.57. The monoisotopic (exact) mass is 236 g/mol. The van der Waals surface area contributed by atoms with E-state index in [9.17, 15) is 0 Å². The molecule has 18 heavy (non-hydrogen) atoms. The van der Waals surface area contributed by atoms with Crippen LogP contribution in [-0.2, 0) is 0 Å². The lowest BCUT2D eigenvalue weighted by Gasteiger charge is -2.16. The normalized spacial score (nSPS) is 13.0. The summed E-state index contributed by atoms with van der Waals surface area (Å²) in [7, 11) is 0. The minimum atomic E-state index is -0.124. The minimum absolute atomic E-state index is 0.124. The first-order valence-electron chi connectivity index (χ1n) is 6.17. The van der Waals surface area contributed by atoms with Crippen LogP contribution < -0.4 is 11.5 Å². The van der Waals surface area contributed by atoms with Crippen molar-refractivity contribution in [2.45, 2.75) is 6.04 Å². The van der Waals surface area contributed by atoms with Crippen LogP contribution in [0.3, 0.4) is 0 Å². The SMILES string of the molecule is NC[C@@H](N)c1c2ccccc2cc2ccccc12. The average Bonchev–Trinajstić information content (AvgIpc) is 2.44. The van der Waals surface area contributed by atoms with Gasteiger partial charge in [0.05, 0.1) is 0 Å². The van der Waals surface area contributed by atoms with Crippen LogP contribution >= 0.6 is 0 Å². The first kappa shape index (κ1) is 11.2. The lowest BCUT2D eigenvalue weighted by atomic mass is 9.92. The van der Waals surface area contributed by atoms with Gasteiger partial charge in [0.1, 0.15) is 0 Å². The smallest absolute Gasteiger partial charge is 0.0431 e. The Labute approximate surface area is 106 Å². The summed E-state index contributed by atoms with van der Waals surface area (Å²) in [4.78, 5) is 0. The Morgan fingerprint density at radius 1 is 0.833 bits per heavy atom. The quantitative estimate of drug-likeness (QED) is 0.672. The third kappa shape index (κ3) is 1.67. The molecule has 0 aliphatic heterocycles. The number of fused-ring (bicyclic) bond motifs is 2. The first-order valence-corrected chi connectivity index (χ1v) is 6.17. The minimum Gasteiger partial charge on any atom is -0.329 e. The van der Waals surface area contributed by atoms with Crippen LogP contribution in [0.25, 0.3) is 21.5 Å². The van der Waals surface area contributed by atoms with Crippen molar-refractivity contribution in [3.05, 3.63) is 60.2 Å². The third-order valence-corrected chi connectivity index (χ3v) is 3.44. The van der Waals surface area contributed by atoms with Gasteiger partial charge in [-0.05, 0) is 33.2 Å². The molecular weight excluding hydrogens is 220 g/mol. The summed E-state index contributed by atoms with van der Waals surface area (Å²) in [6.45, 7) is 0.456. The van der Waals surface area contributed by atoms with E-state index in [1.165, 1.54) is 21.5 Å². The van der Waals surface area contributed by atoms with Gasteiger partial charge >= 0.3 is 0 Å². The molecule has 4 N–H and O–H groups in total. The van der Waals surface area contributed by atoms with Crippen LogP contribution in [-0.4, -0.2) is 6.54 Å². The van der Waals surface area contributed by atoms with Gasteiger partial charge in [-0.15, -0.1) is 0 Å². The molecule has 0 amide bonds. The highest BCUT2D eigenvalue weighted by molar-refractivity contribution is 6.02. The largest absolute Gasteiger partial charge is 0.329 e. The molecule has 0 saturated carbocycles. The van der Waals surface area contributed by atoms with Gasteiger partial charge in [-0.25, -0.2) is 0 Å². The summed E-state index contributed by atoms with van der Waals surface area (Å²) in [6, 6.07) is 18.7. The number of hydrogen-bond donors (Lipinski definition) is 2. The van der Waals surface area contributed by atoms with Crippen molar-refractivity contribution in [2.24, 2.45) is 11.5 Å². The lowest BCUT2D eigenvalue weighted by molar-refractivity contribution is 0.749. The lowest BCUT2D eigenvalue weighted by Crippen LogP contribution is -2.21. The maximum atomic E-state index is 6.20. The van der Waals surface area contributed by atoms with E-state index < -0.39 is 0 Å². The van der Waals surface area contributed by atoms with E-state index >= 15 is 0 Å². The Hall–Kier alpha value is -1.90. The Bertz CT molecular complexity index is 650. The molecular formula is C16H16N2. The molecule has 0 fully saturated rings. The first-order chi connectivity index (χ1) is 8.81. The molecule has 0 heterocycles. The van der Waals surface area contributed by atoms with Gasteiger partial charge < -0.3 is 11.5 Å². The zero-order valence-electron chi connectivity index (χ0n) is 10.1. The van der Waals surface area contributed by atoms with Crippen molar-refractivity contribution in [3.63, 3.8) is 0 Å². The molecule has 0 aliphatic rings. The molecule has 3 rings (SSSR count). The molecule has 3 aromatic carbocycles. The molecule has 1 atom stereocenters. The fourth-order valence-electron chi connectivity index (χ4n) is 2.57. The highest BCUT2D eigenvalue weighted by Crippen LogP contribution is 2.31. The van der Waals surface area contributed by atoms with E-state index in [1.54, 1.807) is 0 Å². The zero-order valence-corrected chi connectivity index (χ0v) is 10.1. The fourth-order valence-corrected chi connectivity index (χ4v) is 2.57. The van der Waals surface area contributed by atoms with Crippen molar-refractivity contribution >= 4 is 21.5 Å². The second kappa shape index (κ2) is 4.41. The van der Waals surface area contributed by atoms with Crippen molar-refractivity contribution in [1.82, 2.24) is 0 Å². The van der Waals surface area contributed by atoms with Gasteiger partial charge in [0.2, 0.25) is 0 Å².